The van der Waals surface area contributed by atoms with Crippen molar-refractivity contribution in [1.82, 2.24) is 0 Å². The molecule has 0 fully saturated rings. The van der Waals surface area contributed by atoms with E-state index in [9.17, 15) is 13.2 Å². The summed E-state index contributed by atoms with van der Waals surface area (Å²) in [4.78, 5) is 0. The van der Waals surface area contributed by atoms with E-state index < -0.39 is 6.36 Å². The summed E-state index contributed by atoms with van der Waals surface area (Å²) in [5, 5.41) is 0. The van der Waals surface area contributed by atoms with E-state index in [1.165, 1.54) is 24.5 Å². The molecule has 0 saturated carbocycles. The van der Waals surface area contributed by atoms with Gasteiger partial charge in [0.15, 0.2) is 0 Å². The van der Waals surface area contributed by atoms with E-state index in [1.807, 2.05) is 0 Å². The van der Waals surface area contributed by atoms with E-state index in [2.05, 4.69) is 20.7 Å². The van der Waals surface area contributed by atoms with Crippen LogP contribution in [0, 0.1) is 0 Å². The highest BCUT2D eigenvalue weighted by molar-refractivity contribution is 9.10. The van der Waals surface area contributed by atoms with Crippen LogP contribution in [0.25, 0.3) is 0 Å². The lowest BCUT2D eigenvalue weighted by Crippen LogP contribution is -2.17. The highest BCUT2D eigenvalue weighted by atomic mass is 79.9. The third-order valence-corrected chi connectivity index (χ3v) is 3.17. The molecule has 2 rings (SSSR count). The number of rotatable bonds is 5. The van der Waals surface area contributed by atoms with Gasteiger partial charge in [0.05, 0.1) is 17.3 Å². The molecule has 0 aliphatic carbocycles. The van der Waals surface area contributed by atoms with Crippen LogP contribution in [0.4, 0.5) is 13.2 Å². The van der Waals surface area contributed by atoms with Gasteiger partial charge in [-0.3, -0.25) is 0 Å². The van der Waals surface area contributed by atoms with Gasteiger partial charge in [-0.15, -0.1) is 13.2 Å². The fourth-order valence-electron chi connectivity index (χ4n) is 1.61. The van der Waals surface area contributed by atoms with Crippen molar-refractivity contribution in [3.8, 4) is 11.5 Å². The lowest BCUT2D eigenvalue weighted by atomic mass is 10.2. The summed E-state index contributed by atoms with van der Waals surface area (Å²) < 4.78 is 51.0. The summed E-state index contributed by atoms with van der Waals surface area (Å²) in [5.74, 6) is 0.660. The Bertz CT molecular complexity index is 613. The SMILES string of the molecule is NCc1occc1COc1ccc(OC(F)(F)F)c(Br)c1. The van der Waals surface area contributed by atoms with Gasteiger partial charge >= 0.3 is 6.36 Å². The molecular formula is C13H11BrF3NO3. The summed E-state index contributed by atoms with van der Waals surface area (Å²) in [6.07, 6.45) is -3.24. The molecule has 0 aliphatic heterocycles. The van der Waals surface area contributed by atoms with Gasteiger partial charge in [-0.2, -0.15) is 0 Å². The van der Waals surface area contributed by atoms with Crippen molar-refractivity contribution in [3.63, 3.8) is 0 Å². The molecule has 21 heavy (non-hydrogen) atoms. The van der Waals surface area contributed by atoms with E-state index in [-0.39, 0.29) is 23.4 Å². The summed E-state index contributed by atoms with van der Waals surface area (Å²) in [7, 11) is 0. The topological polar surface area (TPSA) is 57.6 Å². The molecule has 0 bridgehead atoms. The quantitative estimate of drug-likeness (QED) is 0.870. The predicted octanol–water partition coefficient (Wildman–Crippen LogP) is 3.98. The molecule has 114 valence electrons. The minimum atomic E-state index is -4.74. The molecule has 0 saturated heterocycles. The number of alkyl halides is 3. The summed E-state index contributed by atoms with van der Waals surface area (Å²) >= 11 is 3.00. The summed E-state index contributed by atoms with van der Waals surface area (Å²) in [6, 6.07) is 5.67. The molecule has 0 atom stereocenters. The first kappa shape index (κ1) is 15.7. The Balaban J connectivity index is 2.03. The van der Waals surface area contributed by atoms with Crippen molar-refractivity contribution in [1.29, 1.82) is 0 Å². The van der Waals surface area contributed by atoms with Gasteiger partial charge in [0.1, 0.15) is 23.9 Å². The van der Waals surface area contributed by atoms with Crippen molar-refractivity contribution in [2.24, 2.45) is 5.73 Å². The van der Waals surface area contributed by atoms with Gasteiger partial charge in [-0.05, 0) is 40.2 Å². The molecule has 1 aromatic carbocycles. The molecule has 0 spiro atoms. The second-order valence-corrected chi connectivity index (χ2v) is 4.86. The number of ether oxygens (including phenoxy) is 2. The Morgan fingerprint density at radius 3 is 2.62 bits per heavy atom. The number of nitrogens with two attached hydrogens (primary N) is 1. The van der Waals surface area contributed by atoms with Crippen LogP contribution in [0.15, 0.2) is 39.4 Å². The second kappa shape index (κ2) is 6.40. The van der Waals surface area contributed by atoms with E-state index in [4.69, 9.17) is 14.9 Å². The Morgan fingerprint density at radius 2 is 2.00 bits per heavy atom. The van der Waals surface area contributed by atoms with Crippen molar-refractivity contribution in [2.75, 3.05) is 0 Å². The van der Waals surface area contributed by atoms with Crippen LogP contribution >= 0.6 is 15.9 Å². The average molecular weight is 366 g/mol. The first-order valence-electron chi connectivity index (χ1n) is 5.82. The van der Waals surface area contributed by atoms with Gasteiger partial charge in [0.2, 0.25) is 0 Å². The lowest BCUT2D eigenvalue weighted by Gasteiger charge is -2.12. The molecular weight excluding hydrogens is 355 g/mol. The smallest absolute Gasteiger partial charge is 0.489 e. The molecule has 8 heteroatoms. The summed E-state index contributed by atoms with van der Waals surface area (Å²) in [6.45, 7) is 0.447. The van der Waals surface area contributed by atoms with Crippen LogP contribution < -0.4 is 15.2 Å². The highest BCUT2D eigenvalue weighted by Gasteiger charge is 2.32. The van der Waals surface area contributed by atoms with E-state index in [0.29, 0.717) is 11.5 Å². The van der Waals surface area contributed by atoms with Crippen molar-refractivity contribution >= 4 is 15.9 Å². The minimum Gasteiger partial charge on any atom is -0.489 e. The zero-order valence-corrected chi connectivity index (χ0v) is 12.2. The number of halogens is 4. The molecule has 0 radical (unpaired) electrons. The zero-order chi connectivity index (χ0) is 15.5. The predicted molar refractivity (Wildman–Crippen MR) is 71.8 cm³/mol. The van der Waals surface area contributed by atoms with Gasteiger partial charge in [0.25, 0.3) is 0 Å². The zero-order valence-electron chi connectivity index (χ0n) is 10.6. The monoisotopic (exact) mass is 365 g/mol. The van der Waals surface area contributed by atoms with Gasteiger partial charge in [-0.25, -0.2) is 0 Å². The van der Waals surface area contributed by atoms with Crippen LogP contribution in [-0.4, -0.2) is 6.36 Å². The maximum atomic E-state index is 12.1. The second-order valence-electron chi connectivity index (χ2n) is 4.00. The summed E-state index contributed by atoms with van der Waals surface area (Å²) in [5.41, 5.74) is 6.27. The van der Waals surface area contributed by atoms with Crippen molar-refractivity contribution in [2.45, 2.75) is 19.5 Å². The first-order valence-corrected chi connectivity index (χ1v) is 6.62. The Labute approximate surface area is 126 Å². The van der Waals surface area contributed by atoms with Crippen LogP contribution in [0.2, 0.25) is 0 Å². The number of hydrogen-bond acceptors (Lipinski definition) is 4. The molecule has 2 N–H and O–H groups in total. The largest absolute Gasteiger partial charge is 0.573 e. The third kappa shape index (κ3) is 4.40. The van der Waals surface area contributed by atoms with Gasteiger partial charge in [0, 0.05) is 5.56 Å². The van der Waals surface area contributed by atoms with Crippen LogP contribution in [0.3, 0.4) is 0 Å². The molecule has 0 aliphatic rings. The molecule has 1 aromatic heterocycles. The Morgan fingerprint density at radius 1 is 1.24 bits per heavy atom. The third-order valence-electron chi connectivity index (χ3n) is 2.55. The van der Waals surface area contributed by atoms with Gasteiger partial charge in [-0.1, -0.05) is 0 Å². The standard InChI is InChI=1S/C13H11BrF3NO3/c14-10-5-9(1-2-11(10)21-13(15,16)17)20-7-8-3-4-19-12(8)6-18/h1-5H,6-7,18H2. The molecule has 2 aromatic rings. The fourth-order valence-corrected chi connectivity index (χ4v) is 2.05. The molecule has 4 nitrogen and oxygen atoms in total. The molecule has 0 amide bonds. The van der Waals surface area contributed by atoms with Crippen LogP contribution in [0.1, 0.15) is 11.3 Å². The number of hydrogen-bond donors (Lipinski definition) is 1. The Hall–Kier alpha value is -1.67. The maximum absolute atomic E-state index is 12.1. The maximum Gasteiger partial charge on any atom is 0.573 e. The highest BCUT2D eigenvalue weighted by Crippen LogP contribution is 2.33. The van der Waals surface area contributed by atoms with Crippen LogP contribution in [-0.2, 0) is 13.2 Å². The molecule has 1 heterocycles. The minimum absolute atomic E-state index is 0.142. The van der Waals surface area contributed by atoms with Crippen molar-refractivity contribution < 1.29 is 27.1 Å². The van der Waals surface area contributed by atoms with E-state index in [1.54, 1.807) is 6.07 Å². The lowest BCUT2D eigenvalue weighted by molar-refractivity contribution is -0.274. The van der Waals surface area contributed by atoms with E-state index >= 15 is 0 Å². The number of furan rings is 1. The first-order chi connectivity index (χ1) is 9.89. The van der Waals surface area contributed by atoms with Crippen LogP contribution in [0.5, 0.6) is 11.5 Å². The van der Waals surface area contributed by atoms with Crippen molar-refractivity contribution in [3.05, 3.63) is 46.3 Å². The number of benzene rings is 1. The normalized spacial score (nSPS) is 11.5. The van der Waals surface area contributed by atoms with Gasteiger partial charge < -0.3 is 19.6 Å². The fraction of sp³-hybridized carbons (Fsp3) is 0.231. The average Bonchev–Trinajstić information content (AvgIpc) is 2.85. The van der Waals surface area contributed by atoms with E-state index in [0.717, 1.165) is 5.56 Å². The molecule has 0 unspecified atom stereocenters. The Kier molecular flexibility index (Phi) is 4.79.